The molecule has 4 nitrogen and oxygen atoms in total. The molecule has 0 radical (unpaired) electrons. The van der Waals surface area contributed by atoms with Crippen molar-refractivity contribution in [3.05, 3.63) is 0 Å². The zero-order valence-electron chi connectivity index (χ0n) is 10.3. The number of nitrogens with zero attached hydrogens (tertiary/aromatic N) is 1. The van der Waals surface area contributed by atoms with E-state index in [2.05, 4.69) is 29.4 Å². The van der Waals surface area contributed by atoms with Gasteiger partial charge in [-0.05, 0) is 31.8 Å². The van der Waals surface area contributed by atoms with Crippen LogP contribution < -0.4 is 10.6 Å². The average Bonchev–Trinajstić information content (AvgIpc) is 2.28. The first-order valence-electron chi connectivity index (χ1n) is 6.40. The van der Waals surface area contributed by atoms with Crippen LogP contribution in [0, 0.1) is 5.92 Å². The molecule has 4 heteroatoms. The maximum Gasteiger partial charge on any atom is 0.234 e. The minimum atomic E-state index is 0.146. The Morgan fingerprint density at radius 1 is 1.38 bits per heavy atom. The maximum absolute atomic E-state index is 11.7. The van der Waals surface area contributed by atoms with Gasteiger partial charge in [0.05, 0.1) is 6.54 Å². The third kappa shape index (κ3) is 2.95. The quantitative estimate of drug-likeness (QED) is 0.718. The van der Waals surface area contributed by atoms with Crippen molar-refractivity contribution in [3.63, 3.8) is 0 Å². The van der Waals surface area contributed by atoms with E-state index in [0.717, 1.165) is 6.54 Å². The van der Waals surface area contributed by atoms with E-state index in [9.17, 15) is 4.79 Å². The lowest BCUT2D eigenvalue weighted by Gasteiger charge is -2.44. The topological polar surface area (TPSA) is 44.4 Å². The summed E-state index contributed by atoms with van der Waals surface area (Å²) in [6.45, 7) is 8.06. The van der Waals surface area contributed by atoms with Crippen molar-refractivity contribution in [2.45, 2.75) is 38.8 Å². The largest absolute Gasteiger partial charge is 0.351 e. The highest BCUT2D eigenvalue weighted by atomic mass is 16.2. The summed E-state index contributed by atoms with van der Waals surface area (Å²) >= 11 is 0. The molecule has 2 bridgehead atoms. The number of carbonyl (C=O) groups excluding carboxylic acids is 1. The Bertz CT molecular complexity index is 247. The highest BCUT2D eigenvalue weighted by Crippen LogP contribution is 2.27. The minimum Gasteiger partial charge on any atom is -0.351 e. The van der Waals surface area contributed by atoms with Crippen molar-refractivity contribution in [3.8, 4) is 0 Å². The minimum absolute atomic E-state index is 0.146. The molecule has 16 heavy (non-hydrogen) atoms. The molecule has 0 saturated carbocycles. The van der Waals surface area contributed by atoms with Crippen LogP contribution in [0.3, 0.4) is 0 Å². The Labute approximate surface area is 97.8 Å². The smallest absolute Gasteiger partial charge is 0.234 e. The predicted octanol–water partition coefficient (Wildman–Crippen LogP) is 0.195. The van der Waals surface area contributed by atoms with Gasteiger partial charge in [0.25, 0.3) is 0 Å². The molecule has 1 unspecified atom stereocenters. The zero-order chi connectivity index (χ0) is 11.5. The van der Waals surface area contributed by atoms with Crippen LogP contribution >= 0.6 is 0 Å². The van der Waals surface area contributed by atoms with E-state index in [1.165, 1.54) is 25.9 Å². The van der Waals surface area contributed by atoms with Crippen LogP contribution in [0.2, 0.25) is 0 Å². The second-order valence-corrected chi connectivity index (χ2v) is 5.35. The van der Waals surface area contributed by atoms with Crippen molar-refractivity contribution in [2.75, 3.05) is 26.2 Å². The molecule has 3 aliphatic rings. The zero-order valence-corrected chi connectivity index (χ0v) is 10.3. The highest BCUT2D eigenvalue weighted by Gasteiger charge is 2.34. The molecular weight excluding hydrogens is 202 g/mol. The van der Waals surface area contributed by atoms with Crippen LogP contribution in [0.1, 0.15) is 26.7 Å². The standard InChI is InChI=1S/C12H23N3O/c1-9(2)13-7-12(16)14-11-8-15-5-3-10(11)4-6-15/h9-11,13H,3-8H2,1-2H3,(H,14,16). The molecular formula is C12H23N3O. The molecule has 92 valence electrons. The molecule has 0 aromatic carbocycles. The maximum atomic E-state index is 11.7. The molecule has 2 N–H and O–H groups in total. The monoisotopic (exact) mass is 225 g/mol. The summed E-state index contributed by atoms with van der Waals surface area (Å²) in [6, 6.07) is 0.765. The fourth-order valence-corrected chi connectivity index (χ4v) is 2.68. The van der Waals surface area contributed by atoms with Crippen LogP contribution in [0.5, 0.6) is 0 Å². The van der Waals surface area contributed by atoms with Crippen molar-refractivity contribution in [1.29, 1.82) is 0 Å². The molecule has 3 rings (SSSR count). The van der Waals surface area contributed by atoms with E-state index in [0.29, 0.717) is 24.5 Å². The van der Waals surface area contributed by atoms with Gasteiger partial charge < -0.3 is 15.5 Å². The summed E-state index contributed by atoms with van der Waals surface area (Å²) in [6.07, 6.45) is 2.51. The lowest BCUT2D eigenvalue weighted by molar-refractivity contribution is -0.122. The van der Waals surface area contributed by atoms with E-state index >= 15 is 0 Å². The van der Waals surface area contributed by atoms with E-state index < -0.39 is 0 Å². The number of hydrogen-bond acceptors (Lipinski definition) is 3. The van der Waals surface area contributed by atoms with Crippen LogP contribution in [-0.2, 0) is 4.79 Å². The van der Waals surface area contributed by atoms with Crippen molar-refractivity contribution in [2.24, 2.45) is 5.92 Å². The number of carbonyl (C=O) groups is 1. The summed E-state index contributed by atoms with van der Waals surface area (Å²) in [5.41, 5.74) is 0. The van der Waals surface area contributed by atoms with Crippen LogP contribution in [0.25, 0.3) is 0 Å². The third-order valence-electron chi connectivity index (χ3n) is 3.67. The van der Waals surface area contributed by atoms with Gasteiger partial charge in [0.15, 0.2) is 0 Å². The second-order valence-electron chi connectivity index (χ2n) is 5.35. The summed E-state index contributed by atoms with van der Waals surface area (Å²) in [4.78, 5) is 14.2. The lowest BCUT2D eigenvalue weighted by atomic mass is 9.84. The summed E-state index contributed by atoms with van der Waals surface area (Å²) in [7, 11) is 0. The van der Waals surface area contributed by atoms with Gasteiger partial charge in [-0.1, -0.05) is 13.8 Å². The van der Waals surface area contributed by atoms with Gasteiger partial charge in [-0.15, -0.1) is 0 Å². The summed E-state index contributed by atoms with van der Waals surface area (Å²) < 4.78 is 0. The van der Waals surface area contributed by atoms with Gasteiger partial charge in [-0.3, -0.25) is 4.79 Å². The van der Waals surface area contributed by atoms with Gasteiger partial charge in [0, 0.05) is 18.6 Å². The highest BCUT2D eigenvalue weighted by molar-refractivity contribution is 5.78. The van der Waals surface area contributed by atoms with E-state index in [-0.39, 0.29) is 5.91 Å². The lowest BCUT2D eigenvalue weighted by Crippen LogP contribution is -2.58. The van der Waals surface area contributed by atoms with Crippen LogP contribution in [0.15, 0.2) is 0 Å². The van der Waals surface area contributed by atoms with Crippen molar-refractivity contribution >= 4 is 5.91 Å². The molecule has 0 aromatic heterocycles. The number of nitrogens with one attached hydrogen (secondary N) is 2. The number of amides is 1. The first-order chi connectivity index (χ1) is 7.65. The average molecular weight is 225 g/mol. The van der Waals surface area contributed by atoms with Gasteiger partial charge in [0.1, 0.15) is 0 Å². The summed E-state index contributed by atoms with van der Waals surface area (Å²) in [5, 5.41) is 6.32. The molecule has 3 fully saturated rings. The molecule has 1 atom stereocenters. The molecule has 0 aliphatic carbocycles. The fraction of sp³-hybridized carbons (Fsp3) is 0.917. The SMILES string of the molecule is CC(C)NCC(=O)NC1CN2CCC1CC2. The Kier molecular flexibility index (Phi) is 3.82. The van der Waals surface area contributed by atoms with E-state index in [4.69, 9.17) is 0 Å². The van der Waals surface area contributed by atoms with Gasteiger partial charge in [0.2, 0.25) is 5.91 Å². The number of fused-ring (bicyclic) bond motifs is 3. The van der Waals surface area contributed by atoms with Crippen molar-refractivity contribution < 1.29 is 4.79 Å². The molecule has 0 aromatic rings. The Morgan fingerprint density at radius 2 is 2.06 bits per heavy atom. The van der Waals surface area contributed by atoms with Crippen LogP contribution in [0.4, 0.5) is 0 Å². The predicted molar refractivity (Wildman–Crippen MR) is 64.2 cm³/mol. The number of rotatable bonds is 4. The van der Waals surface area contributed by atoms with Gasteiger partial charge in [-0.25, -0.2) is 0 Å². The Morgan fingerprint density at radius 3 is 2.56 bits per heavy atom. The fourth-order valence-electron chi connectivity index (χ4n) is 2.68. The molecule has 0 spiro atoms. The first-order valence-corrected chi connectivity index (χ1v) is 6.40. The molecule has 3 saturated heterocycles. The Balaban J connectivity index is 1.75. The molecule has 1 amide bonds. The normalized spacial score (nSPS) is 33.1. The van der Waals surface area contributed by atoms with Crippen LogP contribution in [-0.4, -0.2) is 49.1 Å². The summed E-state index contributed by atoms with van der Waals surface area (Å²) in [5.74, 6) is 0.862. The third-order valence-corrected chi connectivity index (χ3v) is 3.67. The van der Waals surface area contributed by atoms with Crippen molar-refractivity contribution in [1.82, 2.24) is 15.5 Å². The van der Waals surface area contributed by atoms with E-state index in [1.807, 2.05) is 0 Å². The number of piperidine rings is 3. The molecule has 3 aliphatic heterocycles. The number of hydrogen-bond donors (Lipinski definition) is 2. The Hall–Kier alpha value is -0.610. The van der Waals surface area contributed by atoms with Gasteiger partial charge in [-0.2, -0.15) is 0 Å². The second kappa shape index (κ2) is 5.15. The first kappa shape index (κ1) is 11.9. The van der Waals surface area contributed by atoms with Gasteiger partial charge >= 0.3 is 0 Å². The van der Waals surface area contributed by atoms with E-state index in [1.54, 1.807) is 0 Å². The molecule has 3 heterocycles.